The van der Waals surface area contributed by atoms with Gasteiger partial charge in [0.15, 0.2) is 11.4 Å². The van der Waals surface area contributed by atoms with E-state index in [0.29, 0.717) is 6.54 Å². The summed E-state index contributed by atoms with van der Waals surface area (Å²) in [5.74, 6) is -0.495. The molecule has 0 radical (unpaired) electrons. The lowest BCUT2D eigenvalue weighted by Gasteiger charge is -2.22. The van der Waals surface area contributed by atoms with Gasteiger partial charge in [-0.05, 0) is 19.1 Å². The van der Waals surface area contributed by atoms with Gasteiger partial charge in [-0.3, -0.25) is 4.79 Å². The van der Waals surface area contributed by atoms with Crippen molar-refractivity contribution >= 4 is 5.91 Å². The maximum atomic E-state index is 12.2. The maximum absolute atomic E-state index is 12.2. The summed E-state index contributed by atoms with van der Waals surface area (Å²) in [7, 11) is 1.64. The molecule has 1 aromatic heterocycles. The largest absolute Gasteiger partial charge is 0.504 e. The molecule has 106 valence electrons. The Morgan fingerprint density at radius 1 is 1.45 bits per heavy atom. The van der Waals surface area contributed by atoms with Gasteiger partial charge in [0.05, 0.1) is 11.9 Å². The second-order valence-electron chi connectivity index (χ2n) is 4.64. The number of carbonyl (C=O) groups is 1. The molecule has 2 rings (SSSR count). The zero-order valence-corrected chi connectivity index (χ0v) is 11.5. The number of rotatable bonds is 4. The van der Waals surface area contributed by atoms with Crippen LogP contribution in [-0.4, -0.2) is 45.3 Å². The molecule has 6 heteroatoms. The quantitative estimate of drug-likeness (QED) is 0.871. The molecule has 1 amide bonds. The Balaban J connectivity index is 2.31. The fourth-order valence-corrected chi connectivity index (χ4v) is 1.76. The standard InChI is InChI=1S/C14H18N4O2/c1-10(8-15)17(2)14(20)13-12(19)9-18(16-13)11-6-4-3-5-7-11/h3-7,9-10,19H,8,15H2,1-2H3. The Morgan fingerprint density at radius 3 is 2.70 bits per heavy atom. The summed E-state index contributed by atoms with van der Waals surface area (Å²) in [5, 5.41) is 14.1. The predicted octanol–water partition coefficient (Wildman–Crippen LogP) is 0.997. The molecule has 0 aliphatic rings. The van der Waals surface area contributed by atoms with E-state index in [4.69, 9.17) is 5.73 Å². The van der Waals surface area contributed by atoms with Crippen LogP contribution in [-0.2, 0) is 0 Å². The van der Waals surface area contributed by atoms with Gasteiger partial charge in [0.25, 0.3) is 5.91 Å². The van der Waals surface area contributed by atoms with Crippen molar-refractivity contribution in [3.05, 3.63) is 42.2 Å². The first kappa shape index (κ1) is 14.1. The van der Waals surface area contributed by atoms with Gasteiger partial charge in [0.2, 0.25) is 0 Å². The zero-order valence-electron chi connectivity index (χ0n) is 11.5. The van der Waals surface area contributed by atoms with E-state index in [9.17, 15) is 9.90 Å². The second kappa shape index (κ2) is 5.75. The van der Waals surface area contributed by atoms with Crippen LogP contribution in [0.3, 0.4) is 0 Å². The van der Waals surface area contributed by atoms with Gasteiger partial charge >= 0.3 is 0 Å². The van der Waals surface area contributed by atoms with Gasteiger partial charge < -0.3 is 15.7 Å². The van der Waals surface area contributed by atoms with Crippen LogP contribution in [0.5, 0.6) is 5.75 Å². The summed E-state index contributed by atoms with van der Waals surface area (Å²) in [6, 6.07) is 9.16. The Hall–Kier alpha value is -2.34. The summed E-state index contributed by atoms with van der Waals surface area (Å²) in [6.07, 6.45) is 1.42. The number of hydrogen-bond donors (Lipinski definition) is 2. The molecular formula is C14H18N4O2. The monoisotopic (exact) mass is 274 g/mol. The molecule has 1 aromatic carbocycles. The van der Waals surface area contributed by atoms with Crippen molar-refractivity contribution in [2.75, 3.05) is 13.6 Å². The summed E-state index contributed by atoms with van der Waals surface area (Å²) in [4.78, 5) is 13.7. The van der Waals surface area contributed by atoms with Gasteiger partial charge in [-0.1, -0.05) is 18.2 Å². The molecule has 0 fully saturated rings. The van der Waals surface area contributed by atoms with Crippen LogP contribution < -0.4 is 5.73 Å². The SMILES string of the molecule is CC(CN)N(C)C(=O)c1nn(-c2ccccc2)cc1O. The molecule has 0 aliphatic carbocycles. The number of nitrogens with zero attached hydrogens (tertiary/aromatic N) is 3. The third-order valence-corrected chi connectivity index (χ3v) is 3.24. The summed E-state index contributed by atoms with van der Waals surface area (Å²) < 4.78 is 1.48. The van der Waals surface area contributed by atoms with Crippen LogP contribution in [0.1, 0.15) is 17.4 Å². The molecular weight excluding hydrogens is 256 g/mol. The Morgan fingerprint density at radius 2 is 2.10 bits per heavy atom. The van der Waals surface area contributed by atoms with Crippen molar-refractivity contribution in [2.24, 2.45) is 5.73 Å². The highest BCUT2D eigenvalue weighted by atomic mass is 16.3. The third-order valence-electron chi connectivity index (χ3n) is 3.24. The number of aromatic nitrogens is 2. The number of aromatic hydroxyl groups is 1. The van der Waals surface area contributed by atoms with Crippen LogP contribution in [0, 0.1) is 0 Å². The first-order valence-electron chi connectivity index (χ1n) is 6.36. The van der Waals surface area contributed by atoms with Crippen LogP contribution in [0.2, 0.25) is 0 Å². The molecule has 1 atom stereocenters. The smallest absolute Gasteiger partial charge is 0.278 e. The summed E-state index contributed by atoms with van der Waals surface area (Å²) in [6.45, 7) is 2.19. The number of para-hydroxylation sites is 1. The minimum Gasteiger partial charge on any atom is -0.504 e. The molecule has 0 saturated carbocycles. The van der Waals surface area contributed by atoms with E-state index < -0.39 is 0 Å². The number of benzene rings is 1. The number of carbonyl (C=O) groups excluding carboxylic acids is 1. The fraction of sp³-hybridized carbons (Fsp3) is 0.286. The molecule has 0 aliphatic heterocycles. The van der Waals surface area contributed by atoms with E-state index in [1.165, 1.54) is 15.8 Å². The molecule has 1 heterocycles. The predicted molar refractivity (Wildman–Crippen MR) is 75.8 cm³/mol. The van der Waals surface area contributed by atoms with Crippen LogP contribution in [0.25, 0.3) is 5.69 Å². The lowest BCUT2D eigenvalue weighted by molar-refractivity contribution is 0.0739. The average Bonchev–Trinajstić information content (AvgIpc) is 2.87. The van der Waals surface area contributed by atoms with Crippen LogP contribution >= 0.6 is 0 Å². The van der Waals surface area contributed by atoms with Crippen LogP contribution in [0.15, 0.2) is 36.5 Å². The highest BCUT2D eigenvalue weighted by Gasteiger charge is 2.23. The maximum Gasteiger partial charge on any atom is 0.278 e. The Bertz CT molecular complexity index is 594. The summed E-state index contributed by atoms with van der Waals surface area (Å²) in [5.41, 5.74) is 6.34. The first-order chi connectivity index (χ1) is 9.54. The fourth-order valence-electron chi connectivity index (χ4n) is 1.76. The molecule has 0 spiro atoms. The van der Waals surface area contributed by atoms with Crippen molar-refractivity contribution in [2.45, 2.75) is 13.0 Å². The lowest BCUT2D eigenvalue weighted by atomic mass is 10.2. The normalized spacial score (nSPS) is 12.2. The highest BCUT2D eigenvalue weighted by Crippen LogP contribution is 2.19. The number of amides is 1. The number of hydrogen-bond acceptors (Lipinski definition) is 4. The van der Waals surface area contributed by atoms with E-state index in [2.05, 4.69) is 5.10 Å². The second-order valence-corrected chi connectivity index (χ2v) is 4.64. The minimum atomic E-state index is -0.352. The van der Waals surface area contributed by atoms with Crippen molar-refractivity contribution in [1.82, 2.24) is 14.7 Å². The van der Waals surface area contributed by atoms with Gasteiger partial charge in [0, 0.05) is 19.6 Å². The Kier molecular flexibility index (Phi) is 4.05. The Labute approximate surface area is 117 Å². The number of nitrogens with two attached hydrogens (primary N) is 1. The molecule has 1 unspecified atom stereocenters. The van der Waals surface area contributed by atoms with Gasteiger partial charge in [-0.2, -0.15) is 5.10 Å². The average molecular weight is 274 g/mol. The topological polar surface area (TPSA) is 84.4 Å². The van der Waals surface area contributed by atoms with E-state index in [1.807, 2.05) is 37.3 Å². The van der Waals surface area contributed by atoms with E-state index in [-0.39, 0.29) is 23.4 Å². The first-order valence-corrected chi connectivity index (χ1v) is 6.36. The molecule has 2 aromatic rings. The van der Waals surface area contributed by atoms with Crippen LogP contribution in [0.4, 0.5) is 0 Å². The van der Waals surface area contributed by atoms with Crippen molar-refractivity contribution in [1.29, 1.82) is 0 Å². The minimum absolute atomic E-state index is 0.0247. The van der Waals surface area contributed by atoms with Gasteiger partial charge in [0.1, 0.15) is 0 Å². The van der Waals surface area contributed by atoms with Gasteiger partial charge in [-0.15, -0.1) is 0 Å². The van der Waals surface area contributed by atoms with E-state index in [0.717, 1.165) is 5.69 Å². The van der Waals surface area contributed by atoms with Crippen molar-refractivity contribution in [3.8, 4) is 11.4 Å². The van der Waals surface area contributed by atoms with E-state index >= 15 is 0 Å². The van der Waals surface area contributed by atoms with Crippen molar-refractivity contribution < 1.29 is 9.90 Å². The molecule has 20 heavy (non-hydrogen) atoms. The van der Waals surface area contributed by atoms with Crippen molar-refractivity contribution in [3.63, 3.8) is 0 Å². The molecule has 0 saturated heterocycles. The molecule has 3 N–H and O–H groups in total. The zero-order chi connectivity index (χ0) is 14.7. The number of likely N-dealkylation sites (N-methyl/N-ethyl adjacent to an activating group) is 1. The third kappa shape index (κ3) is 2.65. The molecule has 6 nitrogen and oxygen atoms in total. The van der Waals surface area contributed by atoms with Gasteiger partial charge in [-0.25, -0.2) is 4.68 Å². The van der Waals surface area contributed by atoms with E-state index in [1.54, 1.807) is 7.05 Å². The lowest BCUT2D eigenvalue weighted by Crippen LogP contribution is -2.39. The molecule has 0 bridgehead atoms. The highest BCUT2D eigenvalue weighted by molar-refractivity contribution is 5.94. The summed E-state index contributed by atoms with van der Waals surface area (Å²) >= 11 is 0.